The molecule has 1 fully saturated rings. The number of hydrogen-bond acceptors (Lipinski definition) is 6. The Balaban J connectivity index is 1.29. The quantitative estimate of drug-likeness (QED) is 0.226. The number of ether oxygens (including phenoxy) is 2. The molecular weight excluding hydrogens is 558 g/mol. The Morgan fingerprint density at radius 2 is 1.82 bits per heavy atom. The zero-order valence-electron chi connectivity index (χ0n) is 28.0. The minimum atomic E-state index is 0.150. The summed E-state index contributed by atoms with van der Waals surface area (Å²) in [5, 5.41) is 3.65. The van der Waals surface area contributed by atoms with Gasteiger partial charge in [0.25, 0.3) is 0 Å². The number of hydrogen-bond donors (Lipinski definition) is 1. The van der Waals surface area contributed by atoms with Crippen molar-refractivity contribution >= 4 is 22.9 Å². The normalized spacial score (nSPS) is 21.6. The van der Waals surface area contributed by atoms with Gasteiger partial charge in [-0.3, -0.25) is 0 Å². The summed E-state index contributed by atoms with van der Waals surface area (Å²) in [7, 11) is 6.49. The summed E-state index contributed by atoms with van der Waals surface area (Å²) in [6.45, 7) is 12.8. The second-order valence-corrected chi connectivity index (χ2v) is 12.9. The largest absolute Gasteiger partial charge is 0.485 e. The maximum atomic E-state index is 6.82. The highest BCUT2D eigenvalue weighted by atomic mass is 16.5. The molecular formula is C38H47N5O2. The Kier molecular flexibility index (Phi) is 8.65. The third-order valence-electron chi connectivity index (χ3n) is 9.59. The maximum Gasteiger partial charge on any atom is 0.154 e. The number of rotatable bonds is 6. The lowest BCUT2D eigenvalue weighted by Crippen LogP contribution is -2.57. The third-order valence-corrected chi connectivity index (χ3v) is 9.59. The number of aliphatic imine (C=N–C) groups is 1. The molecule has 3 aromatic rings. The van der Waals surface area contributed by atoms with Crippen LogP contribution >= 0.6 is 0 Å². The van der Waals surface area contributed by atoms with Gasteiger partial charge in [-0.25, -0.2) is 4.99 Å². The summed E-state index contributed by atoms with van der Waals surface area (Å²) in [5.41, 5.74) is 9.08. The van der Waals surface area contributed by atoms with E-state index >= 15 is 0 Å². The molecule has 0 amide bonds. The van der Waals surface area contributed by atoms with Crippen LogP contribution in [0.2, 0.25) is 0 Å². The highest BCUT2D eigenvalue weighted by molar-refractivity contribution is 6.12. The average molecular weight is 606 g/mol. The molecule has 7 nitrogen and oxygen atoms in total. The molecule has 0 bridgehead atoms. The topological polar surface area (TPSA) is 52.6 Å². The number of fused-ring (bicyclic) bond motifs is 3. The average Bonchev–Trinajstić information content (AvgIpc) is 3.01. The minimum Gasteiger partial charge on any atom is -0.485 e. The number of anilines is 3. The number of allylic oxidation sites excluding steroid dienone is 2. The van der Waals surface area contributed by atoms with Crippen LogP contribution in [0.5, 0.6) is 17.2 Å². The first-order chi connectivity index (χ1) is 21.6. The molecule has 3 heterocycles. The third kappa shape index (κ3) is 6.06. The Bertz CT molecular complexity index is 1670. The van der Waals surface area contributed by atoms with Gasteiger partial charge in [-0.1, -0.05) is 26.0 Å². The summed E-state index contributed by atoms with van der Waals surface area (Å²) in [5.74, 6) is 3.72. The molecule has 236 valence electrons. The first-order valence-electron chi connectivity index (χ1n) is 16.2. The van der Waals surface area contributed by atoms with Crippen molar-refractivity contribution < 1.29 is 9.47 Å². The van der Waals surface area contributed by atoms with Gasteiger partial charge in [0, 0.05) is 56.9 Å². The zero-order valence-corrected chi connectivity index (χ0v) is 28.0. The van der Waals surface area contributed by atoms with E-state index in [0.717, 1.165) is 77.1 Å². The molecule has 1 unspecified atom stereocenters. The van der Waals surface area contributed by atoms with Gasteiger partial charge < -0.3 is 29.5 Å². The van der Waals surface area contributed by atoms with Crippen LogP contribution < -0.4 is 24.6 Å². The summed E-state index contributed by atoms with van der Waals surface area (Å²) >= 11 is 0. The second-order valence-electron chi connectivity index (χ2n) is 12.9. The summed E-state index contributed by atoms with van der Waals surface area (Å²) in [6.07, 6.45) is 8.24. The highest BCUT2D eigenvalue weighted by Crippen LogP contribution is 2.43. The van der Waals surface area contributed by atoms with E-state index in [1.165, 1.54) is 16.8 Å². The summed E-state index contributed by atoms with van der Waals surface area (Å²) < 4.78 is 13.3. The number of likely N-dealkylation sites (N-methyl/N-ethyl adjacent to an activating group) is 2. The fraction of sp³-hybridized carbons (Fsp3) is 0.395. The zero-order chi connectivity index (χ0) is 31.8. The molecule has 7 heteroatoms. The van der Waals surface area contributed by atoms with Gasteiger partial charge in [-0.2, -0.15) is 0 Å². The van der Waals surface area contributed by atoms with Crippen molar-refractivity contribution in [1.29, 1.82) is 0 Å². The van der Waals surface area contributed by atoms with Crippen LogP contribution in [-0.2, 0) is 0 Å². The molecule has 1 saturated heterocycles. The highest BCUT2D eigenvalue weighted by Gasteiger charge is 2.39. The van der Waals surface area contributed by atoms with Crippen molar-refractivity contribution in [1.82, 2.24) is 4.90 Å². The molecule has 3 aromatic carbocycles. The number of amidine groups is 1. The van der Waals surface area contributed by atoms with E-state index in [0.29, 0.717) is 12.0 Å². The first kappa shape index (κ1) is 30.8. The van der Waals surface area contributed by atoms with Crippen molar-refractivity contribution in [2.45, 2.75) is 65.5 Å². The van der Waals surface area contributed by atoms with Gasteiger partial charge >= 0.3 is 0 Å². The van der Waals surface area contributed by atoms with Gasteiger partial charge in [0.1, 0.15) is 23.4 Å². The molecule has 3 aliphatic rings. The second kappa shape index (κ2) is 12.6. The predicted octanol–water partition coefficient (Wildman–Crippen LogP) is 8.24. The van der Waals surface area contributed by atoms with Gasteiger partial charge in [0.2, 0.25) is 0 Å². The fourth-order valence-corrected chi connectivity index (χ4v) is 6.76. The molecule has 1 N–H and O–H groups in total. The standard InChI is InChI=1S/C38H47N5O2/c1-9-10-18-39-38(36-24(2)11-14-32-37(36)45-35-17-19-41(6)23-33(35)43(32)8)40-28-12-16-34(25(3)20-28)44-29-13-15-31-30(21-29)27(5)26(4)22-42(31)7/h10-16,18,20-22,27,33,35H,9,17,19,23H2,1-8H3,(H,39,40)/b18-10+/t27?,33-,35+/m0/s1. The number of piperidine rings is 1. The molecule has 45 heavy (non-hydrogen) atoms. The monoisotopic (exact) mass is 605 g/mol. The summed E-state index contributed by atoms with van der Waals surface area (Å²) in [4.78, 5) is 11.9. The van der Waals surface area contributed by atoms with Gasteiger partial charge in [0.15, 0.2) is 5.75 Å². The molecule has 0 spiro atoms. The SMILES string of the molecule is CC/C=C/N=C(Nc1ccc(Oc2ccc3c(c2)C(C)C(C)=CN3C)c(C)c1)c1c(C)ccc2c1O[C@@H]1CCN(C)C[C@@H]1N2C. The van der Waals surface area contributed by atoms with E-state index in [4.69, 9.17) is 14.5 Å². The number of likely N-dealkylation sites (tertiary alicyclic amines) is 1. The smallest absolute Gasteiger partial charge is 0.154 e. The van der Waals surface area contributed by atoms with E-state index in [-0.39, 0.29) is 6.10 Å². The van der Waals surface area contributed by atoms with E-state index < -0.39 is 0 Å². The van der Waals surface area contributed by atoms with Gasteiger partial charge in [-0.05, 0) is 105 Å². The molecule has 6 rings (SSSR count). The number of nitrogens with zero attached hydrogens (tertiary/aromatic N) is 4. The van der Waals surface area contributed by atoms with Crippen LogP contribution in [0.15, 0.2) is 77.6 Å². The van der Waals surface area contributed by atoms with E-state index in [2.05, 4.69) is 131 Å². The van der Waals surface area contributed by atoms with E-state index in [9.17, 15) is 0 Å². The molecule has 0 saturated carbocycles. The summed E-state index contributed by atoms with van der Waals surface area (Å²) in [6, 6.07) is 17.3. The van der Waals surface area contributed by atoms with E-state index in [1.807, 2.05) is 12.3 Å². The number of benzene rings is 3. The first-order valence-corrected chi connectivity index (χ1v) is 16.2. The Hall–Kier alpha value is -4.23. The van der Waals surface area contributed by atoms with Crippen molar-refractivity contribution in [3.05, 3.63) is 94.8 Å². The molecule has 3 aliphatic heterocycles. The van der Waals surface area contributed by atoms with Crippen molar-refractivity contribution in [2.24, 2.45) is 4.99 Å². The van der Waals surface area contributed by atoms with Crippen molar-refractivity contribution in [2.75, 3.05) is 49.3 Å². The van der Waals surface area contributed by atoms with E-state index in [1.54, 1.807) is 0 Å². The lowest BCUT2D eigenvalue weighted by atomic mass is 9.90. The number of nitrogens with one attached hydrogen (secondary N) is 1. The fourth-order valence-electron chi connectivity index (χ4n) is 6.76. The maximum absolute atomic E-state index is 6.82. The van der Waals surface area contributed by atoms with Crippen molar-refractivity contribution in [3.63, 3.8) is 0 Å². The lowest BCUT2D eigenvalue weighted by molar-refractivity contribution is 0.0799. The molecule has 3 atom stereocenters. The van der Waals surface area contributed by atoms with Crippen LogP contribution in [0.1, 0.15) is 61.8 Å². The van der Waals surface area contributed by atoms with Gasteiger partial charge in [-0.15, -0.1) is 0 Å². The Morgan fingerprint density at radius 1 is 1.02 bits per heavy atom. The van der Waals surface area contributed by atoms with Crippen molar-refractivity contribution in [3.8, 4) is 17.2 Å². The lowest BCUT2D eigenvalue weighted by Gasteiger charge is -2.47. The molecule has 0 aromatic heterocycles. The van der Waals surface area contributed by atoms with Gasteiger partial charge in [0.05, 0.1) is 17.3 Å². The molecule has 0 aliphatic carbocycles. The van der Waals surface area contributed by atoms with Crippen LogP contribution in [0.25, 0.3) is 0 Å². The van der Waals surface area contributed by atoms with Crippen LogP contribution in [0.3, 0.4) is 0 Å². The van der Waals surface area contributed by atoms with Crippen LogP contribution in [-0.4, -0.2) is 57.1 Å². The predicted molar refractivity (Wildman–Crippen MR) is 188 cm³/mol. The van der Waals surface area contributed by atoms with Crippen LogP contribution in [0, 0.1) is 13.8 Å². The minimum absolute atomic E-state index is 0.150. The Morgan fingerprint density at radius 3 is 2.60 bits per heavy atom. The van der Waals surface area contributed by atoms with Crippen LogP contribution in [0.4, 0.5) is 17.1 Å². The Labute approximate surface area is 268 Å². The molecule has 0 radical (unpaired) electrons. The number of aryl methyl sites for hydroxylation is 2.